The van der Waals surface area contributed by atoms with E-state index in [9.17, 15) is 4.39 Å². The van der Waals surface area contributed by atoms with Gasteiger partial charge in [0.2, 0.25) is 0 Å². The largest absolute Gasteiger partial charge is 0.328 e. The zero-order valence-electron chi connectivity index (χ0n) is 9.62. The van der Waals surface area contributed by atoms with Crippen molar-refractivity contribution in [1.29, 1.82) is 0 Å². The van der Waals surface area contributed by atoms with E-state index in [-0.39, 0.29) is 11.9 Å². The smallest absolute Gasteiger partial charge is 0.178 e. The summed E-state index contributed by atoms with van der Waals surface area (Å²) < 4.78 is 16.1. The van der Waals surface area contributed by atoms with Gasteiger partial charge in [0.25, 0.3) is 0 Å². The van der Waals surface area contributed by atoms with Crippen molar-refractivity contribution in [3.8, 4) is 0 Å². The average Bonchev–Trinajstić information content (AvgIpc) is 2.55. The van der Waals surface area contributed by atoms with Crippen molar-refractivity contribution in [3.63, 3.8) is 0 Å². The molecule has 1 heterocycles. The lowest BCUT2D eigenvalue weighted by molar-refractivity contribution is 0.413. The summed E-state index contributed by atoms with van der Waals surface area (Å²) in [6, 6.07) is 5.30. The van der Waals surface area contributed by atoms with E-state index in [1.54, 1.807) is 6.07 Å². The first kappa shape index (κ1) is 11.3. The first-order chi connectivity index (χ1) is 7.52. The van der Waals surface area contributed by atoms with E-state index in [1.165, 1.54) is 6.07 Å². The lowest BCUT2D eigenvalue weighted by atomic mass is 10.1. The van der Waals surface area contributed by atoms with E-state index in [0.717, 1.165) is 5.52 Å². The number of nitrogens with zero attached hydrogens (tertiary/aromatic N) is 1. The quantitative estimate of drug-likeness (QED) is 0.783. The average molecular weight is 238 g/mol. The van der Waals surface area contributed by atoms with E-state index in [1.807, 2.05) is 10.6 Å². The number of rotatable bonds is 2. The van der Waals surface area contributed by atoms with Gasteiger partial charge in [-0.1, -0.05) is 19.9 Å². The molecule has 0 amide bonds. The van der Waals surface area contributed by atoms with E-state index in [4.69, 9.17) is 12.2 Å². The fourth-order valence-corrected chi connectivity index (χ4v) is 2.18. The van der Waals surface area contributed by atoms with E-state index in [2.05, 4.69) is 25.8 Å². The summed E-state index contributed by atoms with van der Waals surface area (Å²) in [6.07, 6.45) is 0. The number of nitrogens with one attached hydrogen (secondary N) is 1. The molecule has 1 aromatic heterocycles. The highest BCUT2D eigenvalue weighted by Gasteiger charge is 2.15. The number of imidazole rings is 1. The molecular weight excluding hydrogens is 223 g/mol. The topological polar surface area (TPSA) is 20.7 Å². The van der Waals surface area contributed by atoms with Crippen molar-refractivity contribution in [1.82, 2.24) is 9.55 Å². The summed E-state index contributed by atoms with van der Waals surface area (Å²) >= 11 is 5.25. The molecule has 2 rings (SSSR count). The van der Waals surface area contributed by atoms with E-state index >= 15 is 0 Å². The molecule has 0 saturated heterocycles. The van der Waals surface area contributed by atoms with Crippen LogP contribution in [0.5, 0.6) is 0 Å². The van der Waals surface area contributed by atoms with Crippen LogP contribution in [0, 0.1) is 16.5 Å². The number of fused-ring (bicyclic) bond motifs is 1. The lowest BCUT2D eigenvalue weighted by Gasteiger charge is -2.18. The molecule has 0 aliphatic carbocycles. The zero-order valence-corrected chi connectivity index (χ0v) is 10.4. The molecule has 0 bridgehead atoms. The van der Waals surface area contributed by atoms with Gasteiger partial charge in [-0.15, -0.1) is 0 Å². The number of benzene rings is 1. The molecule has 86 valence electrons. The Morgan fingerprint density at radius 3 is 2.62 bits per heavy atom. The third-order valence-electron chi connectivity index (χ3n) is 3.07. The van der Waals surface area contributed by atoms with Gasteiger partial charge in [-0.05, 0) is 37.2 Å². The molecule has 0 radical (unpaired) electrons. The second-order valence-electron chi connectivity index (χ2n) is 4.42. The van der Waals surface area contributed by atoms with Gasteiger partial charge >= 0.3 is 0 Å². The molecule has 0 spiro atoms. The van der Waals surface area contributed by atoms with Gasteiger partial charge in [0.1, 0.15) is 11.3 Å². The summed E-state index contributed by atoms with van der Waals surface area (Å²) in [5.41, 5.74) is 1.34. The highest BCUT2D eigenvalue weighted by atomic mass is 32.1. The van der Waals surface area contributed by atoms with Crippen LogP contribution >= 0.6 is 12.2 Å². The number of aromatic nitrogens is 2. The van der Waals surface area contributed by atoms with Crippen LogP contribution in [-0.2, 0) is 0 Å². The maximum atomic E-state index is 13.6. The van der Waals surface area contributed by atoms with Crippen LogP contribution in [0.3, 0.4) is 0 Å². The minimum absolute atomic E-state index is 0.252. The molecule has 0 aliphatic heterocycles. The molecular formula is C12H15FN2S. The second-order valence-corrected chi connectivity index (χ2v) is 4.81. The fourth-order valence-electron chi connectivity index (χ4n) is 1.82. The number of halogens is 1. The minimum atomic E-state index is -0.252. The summed E-state index contributed by atoms with van der Waals surface area (Å²) in [6.45, 7) is 6.35. The lowest BCUT2D eigenvalue weighted by Crippen LogP contribution is -2.11. The van der Waals surface area contributed by atoms with Crippen molar-refractivity contribution in [2.45, 2.75) is 26.8 Å². The predicted molar refractivity (Wildman–Crippen MR) is 66.6 cm³/mol. The van der Waals surface area contributed by atoms with Crippen molar-refractivity contribution < 1.29 is 4.39 Å². The number of para-hydroxylation sites is 1. The van der Waals surface area contributed by atoms with Crippen molar-refractivity contribution in [2.24, 2.45) is 5.92 Å². The Bertz CT molecular complexity index is 568. The highest BCUT2D eigenvalue weighted by molar-refractivity contribution is 7.71. The molecule has 2 aromatic rings. The summed E-state index contributed by atoms with van der Waals surface area (Å²) in [5.74, 6) is 0.201. The molecule has 4 heteroatoms. The van der Waals surface area contributed by atoms with Crippen molar-refractivity contribution >= 4 is 23.3 Å². The molecule has 1 N–H and O–H groups in total. The monoisotopic (exact) mass is 238 g/mol. The first-order valence-electron chi connectivity index (χ1n) is 5.41. The van der Waals surface area contributed by atoms with Crippen molar-refractivity contribution in [2.75, 3.05) is 0 Å². The maximum Gasteiger partial charge on any atom is 0.178 e. The maximum absolute atomic E-state index is 13.6. The van der Waals surface area contributed by atoms with Gasteiger partial charge in [0.05, 0.1) is 5.52 Å². The van der Waals surface area contributed by atoms with Crippen LogP contribution in [-0.4, -0.2) is 9.55 Å². The van der Waals surface area contributed by atoms with Gasteiger partial charge < -0.3 is 9.55 Å². The van der Waals surface area contributed by atoms with Gasteiger partial charge in [-0.25, -0.2) is 4.39 Å². The molecule has 1 unspecified atom stereocenters. The SMILES string of the molecule is CC(C)C(C)n1c(=S)[nH]c2c(F)cccc21. The van der Waals surface area contributed by atoms with Crippen LogP contribution in [0.1, 0.15) is 26.8 Å². The van der Waals surface area contributed by atoms with Crippen LogP contribution in [0.2, 0.25) is 0 Å². The van der Waals surface area contributed by atoms with Crippen LogP contribution in [0.15, 0.2) is 18.2 Å². The summed E-state index contributed by atoms with van der Waals surface area (Å²) in [7, 11) is 0. The molecule has 0 aliphatic rings. The second kappa shape index (κ2) is 4.01. The highest BCUT2D eigenvalue weighted by Crippen LogP contribution is 2.25. The Morgan fingerprint density at radius 1 is 1.31 bits per heavy atom. The Kier molecular flexibility index (Phi) is 2.84. The number of hydrogen-bond donors (Lipinski definition) is 1. The van der Waals surface area contributed by atoms with E-state index < -0.39 is 0 Å². The normalized spacial score (nSPS) is 13.6. The molecule has 1 atom stereocenters. The summed E-state index contributed by atoms with van der Waals surface area (Å²) in [5, 5.41) is 0. The van der Waals surface area contributed by atoms with Crippen LogP contribution in [0.4, 0.5) is 4.39 Å². The first-order valence-corrected chi connectivity index (χ1v) is 5.82. The minimum Gasteiger partial charge on any atom is -0.328 e. The van der Waals surface area contributed by atoms with Gasteiger partial charge in [-0.3, -0.25) is 0 Å². The predicted octanol–water partition coefficient (Wildman–Crippen LogP) is 4.05. The molecule has 2 nitrogen and oxygen atoms in total. The third-order valence-corrected chi connectivity index (χ3v) is 3.37. The third kappa shape index (κ3) is 1.67. The molecule has 1 aromatic carbocycles. The zero-order chi connectivity index (χ0) is 11.9. The Morgan fingerprint density at radius 2 is 2.00 bits per heavy atom. The van der Waals surface area contributed by atoms with E-state index in [0.29, 0.717) is 16.2 Å². The number of hydrogen-bond acceptors (Lipinski definition) is 1. The number of H-pyrrole nitrogens is 1. The van der Waals surface area contributed by atoms with Crippen LogP contribution < -0.4 is 0 Å². The van der Waals surface area contributed by atoms with Gasteiger partial charge in [0, 0.05) is 6.04 Å². The standard InChI is InChI=1S/C12H15FN2S/c1-7(2)8(3)15-10-6-4-5-9(13)11(10)14-12(15)16/h4-8H,1-3H3,(H,14,16). The Balaban J connectivity index is 2.75. The number of aromatic amines is 1. The fraction of sp³-hybridized carbons (Fsp3) is 0.417. The Hall–Kier alpha value is -1.16. The molecule has 16 heavy (non-hydrogen) atoms. The Labute approximate surface area is 99.1 Å². The van der Waals surface area contributed by atoms with Gasteiger partial charge in [0.15, 0.2) is 4.77 Å². The molecule has 0 saturated carbocycles. The molecule has 0 fully saturated rings. The van der Waals surface area contributed by atoms with Crippen molar-refractivity contribution in [3.05, 3.63) is 28.8 Å². The van der Waals surface area contributed by atoms with Crippen LogP contribution in [0.25, 0.3) is 11.0 Å². The van der Waals surface area contributed by atoms with Gasteiger partial charge in [-0.2, -0.15) is 0 Å². The summed E-state index contributed by atoms with van der Waals surface area (Å²) in [4.78, 5) is 2.93.